The van der Waals surface area contributed by atoms with Gasteiger partial charge in [-0.2, -0.15) is 13.2 Å². The highest BCUT2D eigenvalue weighted by atomic mass is 35.5. The molecule has 0 heterocycles. The fraction of sp³-hybridized carbons (Fsp3) is 0.333. The van der Waals surface area contributed by atoms with E-state index in [1.54, 1.807) is 24.3 Å². The van der Waals surface area contributed by atoms with Crippen molar-refractivity contribution in [1.82, 2.24) is 0 Å². The standard InChI is InChI=1S/C12H10ClF3O/c13-8-3-5-10-4-1-2-6-11(10)17-9-7-12(14,15)16/h1-2,4,6H,7-9H2. The van der Waals surface area contributed by atoms with Crippen LogP contribution in [0, 0.1) is 11.8 Å². The zero-order valence-electron chi connectivity index (χ0n) is 8.85. The van der Waals surface area contributed by atoms with Crippen LogP contribution in [0.25, 0.3) is 0 Å². The molecule has 92 valence electrons. The Hall–Kier alpha value is -1.34. The van der Waals surface area contributed by atoms with Gasteiger partial charge in [-0.25, -0.2) is 0 Å². The Morgan fingerprint density at radius 1 is 1.24 bits per heavy atom. The van der Waals surface area contributed by atoms with E-state index in [4.69, 9.17) is 16.3 Å². The number of hydrogen-bond acceptors (Lipinski definition) is 1. The number of halogens is 4. The number of para-hydroxylation sites is 1. The first-order chi connectivity index (χ1) is 8.03. The molecule has 0 bridgehead atoms. The summed E-state index contributed by atoms with van der Waals surface area (Å²) in [5.74, 6) is 5.85. The van der Waals surface area contributed by atoms with Crippen molar-refractivity contribution in [2.45, 2.75) is 12.6 Å². The topological polar surface area (TPSA) is 9.23 Å². The molecular formula is C12H10ClF3O. The molecule has 0 aromatic heterocycles. The Kier molecular flexibility index (Phi) is 5.17. The molecule has 0 fully saturated rings. The molecule has 17 heavy (non-hydrogen) atoms. The maximum Gasteiger partial charge on any atom is 0.392 e. The number of benzene rings is 1. The monoisotopic (exact) mass is 262 g/mol. The van der Waals surface area contributed by atoms with Gasteiger partial charge in [-0.3, -0.25) is 0 Å². The smallest absolute Gasteiger partial charge is 0.392 e. The van der Waals surface area contributed by atoms with Gasteiger partial charge in [0.05, 0.1) is 24.5 Å². The van der Waals surface area contributed by atoms with Gasteiger partial charge in [0, 0.05) is 0 Å². The lowest BCUT2D eigenvalue weighted by molar-refractivity contribution is -0.139. The van der Waals surface area contributed by atoms with E-state index in [1.165, 1.54) is 0 Å². The second-order valence-corrected chi connectivity index (χ2v) is 3.41. The number of alkyl halides is 4. The number of hydrogen-bond donors (Lipinski definition) is 0. The average Bonchev–Trinajstić information content (AvgIpc) is 2.26. The van der Waals surface area contributed by atoms with Crippen LogP contribution in [0.3, 0.4) is 0 Å². The van der Waals surface area contributed by atoms with E-state index in [-0.39, 0.29) is 5.88 Å². The maximum absolute atomic E-state index is 11.9. The lowest BCUT2D eigenvalue weighted by Gasteiger charge is -2.09. The molecule has 1 nitrogen and oxygen atoms in total. The minimum atomic E-state index is -4.21. The van der Waals surface area contributed by atoms with Gasteiger partial charge < -0.3 is 4.74 Å². The van der Waals surface area contributed by atoms with E-state index in [9.17, 15) is 13.2 Å². The molecule has 0 atom stereocenters. The molecule has 0 aliphatic carbocycles. The van der Waals surface area contributed by atoms with Crippen molar-refractivity contribution >= 4 is 11.6 Å². The minimum absolute atomic E-state index is 0.164. The van der Waals surface area contributed by atoms with E-state index >= 15 is 0 Å². The van der Waals surface area contributed by atoms with Gasteiger partial charge in [-0.05, 0) is 12.1 Å². The first-order valence-corrected chi connectivity index (χ1v) is 5.40. The van der Waals surface area contributed by atoms with Gasteiger partial charge in [-0.15, -0.1) is 11.6 Å². The molecule has 0 aliphatic heterocycles. The normalized spacial score (nSPS) is 10.6. The third-order valence-corrected chi connectivity index (χ3v) is 1.95. The third kappa shape index (κ3) is 5.50. The van der Waals surface area contributed by atoms with Crippen LogP contribution in [-0.4, -0.2) is 18.7 Å². The number of rotatable bonds is 3. The van der Waals surface area contributed by atoms with E-state index in [0.717, 1.165) is 0 Å². The van der Waals surface area contributed by atoms with E-state index in [1.807, 2.05) is 0 Å². The zero-order chi connectivity index (χ0) is 12.7. The fourth-order valence-electron chi connectivity index (χ4n) is 1.10. The van der Waals surface area contributed by atoms with Crippen LogP contribution < -0.4 is 4.74 Å². The van der Waals surface area contributed by atoms with Gasteiger partial charge in [0.1, 0.15) is 5.75 Å². The summed E-state index contributed by atoms with van der Waals surface area (Å²) in [5, 5.41) is 0. The van der Waals surface area contributed by atoms with Gasteiger partial charge >= 0.3 is 6.18 Å². The summed E-state index contributed by atoms with van der Waals surface area (Å²) in [6.07, 6.45) is -5.19. The van der Waals surface area contributed by atoms with Crippen molar-refractivity contribution in [1.29, 1.82) is 0 Å². The van der Waals surface area contributed by atoms with Crippen LogP contribution in [-0.2, 0) is 0 Å². The van der Waals surface area contributed by atoms with E-state index < -0.39 is 19.2 Å². The van der Waals surface area contributed by atoms with Gasteiger partial charge in [-0.1, -0.05) is 24.0 Å². The highest BCUT2D eigenvalue weighted by Crippen LogP contribution is 2.22. The predicted molar refractivity (Wildman–Crippen MR) is 60.2 cm³/mol. The lowest BCUT2D eigenvalue weighted by Crippen LogP contribution is -2.13. The molecule has 0 amide bonds. The van der Waals surface area contributed by atoms with Crippen molar-refractivity contribution in [2.24, 2.45) is 0 Å². The van der Waals surface area contributed by atoms with Crippen LogP contribution in [0.15, 0.2) is 24.3 Å². The van der Waals surface area contributed by atoms with Crippen LogP contribution in [0.1, 0.15) is 12.0 Å². The Morgan fingerprint density at radius 3 is 2.59 bits per heavy atom. The quantitative estimate of drug-likeness (QED) is 0.597. The third-order valence-electron chi connectivity index (χ3n) is 1.82. The maximum atomic E-state index is 11.9. The van der Waals surface area contributed by atoms with E-state index in [2.05, 4.69) is 11.8 Å². The van der Waals surface area contributed by atoms with Crippen molar-refractivity contribution in [3.63, 3.8) is 0 Å². The molecule has 5 heteroatoms. The largest absolute Gasteiger partial charge is 0.492 e. The summed E-state index contributed by atoms with van der Waals surface area (Å²) in [7, 11) is 0. The predicted octanol–water partition coefficient (Wildman–Crippen LogP) is 3.61. The summed E-state index contributed by atoms with van der Waals surface area (Å²) in [6, 6.07) is 6.65. The molecule has 0 unspecified atom stereocenters. The molecular weight excluding hydrogens is 253 g/mol. The highest BCUT2D eigenvalue weighted by Gasteiger charge is 2.26. The van der Waals surface area contributed by atoms with Gasteiger partial charge in [0.15, 0.2) is 0 Å². The Balaban J connectivity index is 2.64. The summed E-state index contributed by atoms with van der Waals surface area (Å²) in [4.78, 5) is 0. The van der Waals surface area contributed by atoms with Gasteiger partial charge in [0.25, 0.3) is 0 Å². The average molecular weight is 263 g/mol. The second-order valence-electron chi connectivity index (χ2n) is 3.15. The molecule has 0 spiro atoms. The Bertz CT molecular complexity index is 418. The van der Waals surface area contributed by atoms with Crippen LogP contribution >= 0.6 is 11.6 Å². The SMILES string of the molecule is FC(F)(F)CCOc1ccccc1C#CCCl. The molecule has 0 radical (unpaired) electrons. The van der Waals surface area contributed by atoms with Gasteiger partial charge in [0.2, 0.25) is 0 Å². The van der Waals surface area contributed by atoms with Crippen molar-refractivity contribution in [3.8, 4) is 17.6 Å². The summed E-state index contributed by atoms with van der Waals surface area (Å²) >= 11 is 5.40. The molecule has 1 rings (SSSR count). The van der Waals surface area contributed by atoms with Crippen molar-refractivity contribution in [2.75, 3.05) is 12.5 Å². The summed E-state index contributed by atoms with van der Waals surface area (Å²) in [5.41, 5.74) is 0.537. The molecule has 1 aromatic carbocycles. The Morgan fingerprint density at radius 2 is 1.94 bits per heavy atom. The number of ether oxygens (including phenoxy) is 1. The Labute approximate surface area is 103 Å². The molecule has 0 saturated heterocycles. The molecule has 1 aromatic rings. The first kappa shape index (κ1) is 13.7. The molecule has 0 saturated carbocycles. The van der Waals surface area contributed by atoms with Crippen molar-refractivity contribution < 1.29 is 17.9 Å². The second kappa shape index (κ2) is 6.41. The molecule has 0 N–H and O–H groups in total. The van der Waals surface area contributed by atoms with Crippen molar-refractivity contribution in [3.05, 3.63) is 29.8 Å². The van der Waals surface area contributed by atoms with Crippen LogP contribution in [0.2, 0.25) is 0 Å². The summed E-state index contributed by atoms with van der Waals surface area (Å²) in [6.45, 7) is -0.414. The highest BCUT2D eigenvalue weighted by molar-refractivity contribution is 6.19. The zero-order valence-corrected chi connectivity index (χ0v) is 9.61. The van der Waals surface area contributed by atoms with Crippen LogP contribution in [0.5, 0.6) is 5.75 Å². The fourth-order valence-corrected chi connectivity index (χ4v) is 1.17. The molecule has 0 aliphatic rings. The summed E-state index contributed by atoms with van der Waals surface area (Å²) < 4.78 is 40.9. The first-order valence-electron chi connectivity index (χ1n) is 4.86. The van der Waals surface area contributed by atoms with Crippen LogP contribution in [0.4, 0.5) is 13.2 Å². The minimum Gasteiger partial charge on any atom is -0.492 e. The lowest BCUT2D eigenvalue weighted by atomic mass is 10.2. The van der Waals surface area contributed by atoms with E-state index in [0.29, 0.717) is 11.3 Å².